The van der Waals surface area contributed by atoms with Crippen LogP contribution in [0.15, 0.2) is 36.5 Å². The van der Waals surface area contributed by atoms with Crippen molar-refractivity contribution in [3.63, 3.8) is 0 Å². The van der Waals surface area contributed by atoms with E-state index in [1.54, 1.807) is 7.11 Å². The molecule has 1 aromatic carbocycles. The third-order valence-corrected chi connectivity index (χ3v) is 3.37. The minimum absolute atomic E-state index is 0.153. The molecule has 23 heavy (non-hydrogen) atoms. The summed E-state index contributed by atoms with van der Waals surface area (Å²) in [6.07, 6.45) is 1.22. The number of pyridine rings is 1. The molecule has 1 amide bonds. The highest BCUT2D eigenvalue weighted by Gasteiger charge is 2.11. The van der Waals surface area contributed by atoms with Crippen LogP contribution in [0.2, 0.25) is 5.02 Å². The Hall–Kier alpha value is -2.47. The Morgan fingerprint density at radius 1 is 1.39 bits per heavy atom. The Morgan fingerprint density at radius 3 is 2.70 bits per heavy atom. The predicted octanol–water partition coefficient (Wildman–Crippen LogP) is 2.72. The highest BCUT2D eigenvalue weighted by atomic mass is 35.5. The summed E-state index contributed by atoms with van der Waals surface area (Å²) in [6.45, 7) is 2.38. The van der Waals surface area contributed by atoms with Crippen LogP contribution in [-0.4, -0.2) is 30.6 Å². The van der Waals surface area contributed by atoms with Crippen molar-refractivity contribution in [3.8, 4) is 11.5 Å². The second-order valence-electron chi connectivity index (χ2n) is 4.88. The Kier molecular flexibility index (Phi) is 5.65. The molecule has 122 valence electrons. The first kappa shape index (κ1) is 16.9. The molecule has 0 aliphatic heterocycles. The lowest BCUT2D eigenvalue weighted by molar-refractivity contribution is 0.1000. The lowest BCUT2D eigenvalue weighted by Gasteiger charge is -2.18. The van der Waals surface area contributed by atoms with Crippen LogP contribution in [-0.2, 0) is 0 Å². The molecule has 2 aromatic rings. The molecule has 0 spiro atoms. The van der Waals surface area contributed by atoms with Crippen LogP contribution >= 0.6 is 11.6 Å². The van der Waals surface area contributed by atoms with Crippen molar-refractivity contribution in [2.75, 3.05) is 19.0 Å². The molecule has 0 fully saturated rings. The number of anilines is 1. The second kappa shape index (κ2) is 7.69. The first-order valence-corrected chi connectivity index (χ1v) is 7.38. The van der Waals surface area contributed by atoms with Gasteiger partial charge in [-0.2, -0.15) is 0 Å². The molecule has 0 aliphatic rings. The third kappa shape index (κ3) is 4.50. The third-order valence-electron chi connectivity index (χ3n) is 3.08. The summed E-state index contributed by atoms with van der Waals surface area (Å²) in [5.74, 6) is 1.22. The van der Waals surface area contributed by atoms with Crippen LogP contribution in [0.3, 0.4) is 0 Å². The fourth-order valence-corrected chi connectivity index (χ4v) is 2.15. The average Bonchev–Trinajstić information content (AvgIpc) is 2.54. The molecule has 7 heteroatoms. The van der Waals surface area contributed by atoms with Crippen molar-refractivity contribution < 1.29 is 14.3 Å². The molecule has 0 saturated carbocycles. The zero-order valence-electron chi connectivity index (χ0n) is 12.9. The number of carbonyl (C=O) groups excluding carboxylic acids is 1. The summed E-state index contributed by atoms with van der Waals surface area (Å²) in [7, 11) is 1.59. The van der Waals surface area contributed by atoms with Crippen LogP contribution in [0.25, 0.3) is 0 Å². The molecular formula is C16H18ClN3O3. The van der Waals surface area contributed by atoms with Gasteiger partial charge in [-0.05, 0) is 25.1 Å². The van der Waals surface area contributed by atoms with E-state index in [-0.39, 0.29) is 11.7 Å². The lowest BCUT2D eigenvalue weighted by atomic mass is 10.2. The molecule has 0 radical (unpaired) electrons. The van der Waals surface area contributed by atoms with Crippen LogP contribution in [0.5, 0.6) is 11.5 Å². The van der Waals surface area contributed by atoms with E-state index in [1.807, 2.05) is 31.2 Å². The van der Waals surface area contributed by atoms with Crippen molar-refractivity contribution in [1.82, 2.24) is 4.98 Å². The molecule has 6 nitrogen and oxygen atoms in total. The summed E-state index contributed by atoms with van der Waals surface area (Å²) >= 11 is 6.07. The van der Waals surface area contributed by atoms with Gasteiger partial charge in [0.1, 0.15) is 11.9 Å². The first-order chi connectivity index (χ1) is 11.0. The van der Waals surface area contributed by atoms with E-state index < -0.39 is 5.91 Å². The number of methoxy groups -OCH3 is 1. The van der Waals surface area contributed by atoms with Gasteiger partial charge in [0.15, 0.2) is 11.5 Å². The fraction of sp³-hybridized carbons (Fsp3) is 0.250. The number of para-hydroxylation sites is 2. The predicted molar refractivity (Wildman–Crippen MR) is 89.3 cm³/mol. The van der Waals surface area contributed by atoms with Gasteiger partial charge in [-0.25, -0.2) is 4.98 Å². The Balaban J connectivity index is 1.96. The van der Waals surface area contributed by atoms with E-state index in [4.69, 9.17) is 26.8 Å². The van der Waals surface area contributed by atoms with Gasteiger partial charge < -0.3 is 20.5 Å². The van der Waals surface area contributed by atoms with E-state index in [0.29, 0.717) is 28.9 Å². The van der Waals surface area contributed by atoms with Crippen molar-refractivity contribution in [2.24, 2.45) is 5.73 Å². The number of halogens is 1. The van der Waals surface area contributed by atoms with E-state index in [2.05, 4.69) is 10.3 Å². The van der Waals surface area contributed by atoms with E-state index in [0.717, 1.165) is 0 Å². The number of rotatable bonds is 7. The second-order valence-corrected chi connectivity index (χ2v) is 5.29. The van der Waals surface area contributed by atoms with Crippen molar-refractivity contribution in [1.29, 1.82) is 0 Å². The Bertz CT molecular complexity index is 694. The van der Waals surface area contributed by atoms with Gasteiger partial charge >= 0.3 is 0 Å². The number of benzene rings is 1. The van der Waals surface area contributed by atoms with Gasteiger partial charge in [-0.1, -0.05) is 23.7 Å². The van der Waals surface area contributed by atoms with Gasteiger partial charge in [0.25, 0.3) is 0 Å². The topological polar surface area (TPSA) is 86.5 Å². The molecule has 0 saturated heterocycles. The molecule has 1 atom stereocenters. The minimum Gasteiger partial charge on any atom is -0.493 e. The van der Waals surface area contributed by atoms with Gasteiger partial charge in [-0.3, -0.25) is 4.79 Å². The van der Waals surface area contributed by atoms with Gasteiger partial charge in [0.05, 0.1) is 24.2 Å². The molecule has 2 rings (SSSR count). The molecule has 3 N–H and O–H groups in total. The lowest BCUT2D eigenvalue weighted by Crippen LogP contribution is -2.23. The number of hydrogen-bond acceptors (Lipinski definition) is 5. The van der Waals surface area contributed by atoms with Crippen molar-refractivity contribution in [3.05, 3.63) is 47.1 Å². The highest BCUT2D eigenvalue weighted by molar-refractivity contribution is 6.33. The SMILES string of the molecule is COc1ccccc1OC(C)CNc1ncc(C(N)=O)cc1Cl. The zero-order valence-corrected chi connectivity index (χ0v) is 13.6. The molecule has 1 heterocycles. The van der Waals surface area contributed by atoms with Crippen LogP contribution in [0.1, 0.15) is 17.3 Å². The number of nitrogens with one attached hydrogen (secondary N) is 1. The maximum absolute atomic E-state index is 11.1. The summed E-state index contributed by atoms with van der Waals surface area (Å²) in [6, 6.07) is 8.89. The number of amides is 1. The summed E-state index contributed by atoms with van der Waals surface area (Å²) in [4.78, 5) is 15.2. The van der Waals surface area contributed by atoms with Gasteiger partial charge in [0, 0.05) is 6.20 Å². The number of aromatic nitrogens is 1. The number of primary amides is 1. The van der Waals surface area contributed by atoms with Gasteiger partial charge in [-0.15, -0.1) is 0 Å². The highest BCUT2D eigenvalue weighted by Crippen LogP contribution is 2.27. The number of nitrogens with zero attached hydrogens (tertiary/aromatic N) is 1. The number of nitrogens with two attached hydrogens (primary N) is 1. The van der Waals surface area contributed by atoms with E-state index >= 15 is 0 Å². The van der Waals surface area contributed by atoms with Crippen LogP contribution in [0, 0.1) is 0 Å². The quantitative estimate of drug-likeness (QED) is 0.812. The molecule has 0 aliphatic carbocycles. The standard InChI is InChI=1S/C16H18ClN3O3/c1-10(23-14-6-4-3-5-13(14)22-2)8-19-16-12(17)7-11(9-20-16)15(18)21/h3-7,9-10H,8H2,1-2H3,(H2,18,21)(H,19,20). The number of ether oxygens (including phenoxy) is 2. The number of carbonyl (C=O) groups is 1. The average molecular weight is 336 g/mol. The summed E-state index contributed by atoms with van der Waals surface area (Å²) < 4.78 is 11.1. The largest absolute Gasteiger partial charge is 0.493 e. The Labute approximate surface area is 139 Å². The molecule has 1 unspecified atom stereocenters. The van der Waals surface area contributed by atoms with Gasteiger partial charge in [0.2, 0.25) is 5.91 Å². The number of hydrogen-bond donors (Lipinski definition) is 2. The maximum Gasteiger partial charge on any atom is 0.250 e. The molecule has 1 aromatic heterocycles. The fourth-order valence-electron chi connectivity index (χ4n) is 1.92. The summed E-state index contributed by atoms with van der Waals surface area (Å²) in [5.41, 5.74) is 5.44. The smallest absolute Gasteiger partial charge is 0.250 e. The van der Waals surface area contributed by atoms with Crippen LogP contribution in [0.4, 0.5) is 5.82 Å². The maximum atomic E-state index is 11.1. The normalized spacial score (nSPS) is 11.6. The first-order valence-electron chi connectivity index (χ1n) is 7.00. The van der Waals surface area contributed by atoms with E-state index in [9.17, 15) is 4.79 Å². The van der Waals surface area contributed by atoms with Crippen molar-refractivity contribution >= 4 is 23.3 Å². The van der Waals surface area contributed by atoms with Crippen molar-refractivity contribution in [2.45, 2.75) is 13.0 Å². The van der Waals surface area contributed by atoms with Crippen LogP contribution < -0.4 is 20.5 Å². The minimum atomic E-state index is -0.571. The summed E-state index contributed by atoms with van der Waals surface area (Å²) in [5, 5.41) is 3.40. The molecule has 0 bridgehead atoms. The monoisotopic (exact) mass is 335 g/mol. The Morgan fingerprint density at radius 2 is 2.09 bits per heavy atom. The van der Waals surface area contributed by atoms with E-state index in [1.165, 1.54) is 12.3 Å². The zero-order chi connectivity index (χ0) is 16.8. The molecular weight excluding hydrogens is 318 g/mol.